The first-order valence-electron chi connectivity index (χ1n) is 8.84. The second-order valence-corrected chi connectivity index (χ2v) is 7.41. The van der Waals surface area contributed by atoms with Crippen molar-refractivity contribution in [2.75, 3.05) is 0 Å². The van der Waals surface area contributed by atoms with Gasteiger partial charge in [0.25, 0.3) is 0 Å². The fourth-order valence-corrected chi connectivity index (χ4v) is 5.42. The van der Waals surface area contributed by atoms with Gasteiger partial charge >= 0.3 is 0 Å². The van der Waals surface area contributed by atoms with Crippen LogP contribution in [0.5, 0.6) is 0 Å². The lowest BCUT2D eigenvalue weighted by molar-refractivity contribution is -0.118. The average Bonchev–Trinajstić information content (AvgIpc) is 3.29. The zero-order valence-corrected chi connectivity index (χ0v) is 13.4. The molecule has 2 bridgehead atoms. The van der Waals surface area contributed by atoms with E-state index in [1.165, 1.54) is 37.0 Å². The Labute approximate surface area is 141 Å². The topological polar surface area (TPSA) is 17.1 Å². The molecule has 2 heteroatoms. The van der Waals surface area contributed by atoms with E-state index < -0.39 is 0 Å². The van der Waals surface area contributed by atoms with Crippen LogP contribution >= 0.6 is 0 Å². The second kappa shape index (κ2) is 5.14. The number of rotatable bonds is 2. The number of ketones is 1. The van der Waals surface area contributed by atoms with Crippen LogP contribution in [0.15, 0.2) is 54.6 Å². The number of halogens is 1. The lowest BCUT2D eigenvalue weighted by atomic mass is 9.77. The minimum atomic E-state index is -0.258. The van der Waals surface area contributed by atoms with Crippen molar-refractivity contribution in [1.29, 1.82) is 0 Å². The number of Topliss-reactive ketones (excluding diaryl/α,β-unsaturated/α-hetero) is 1. The molecule has 0 spiro atoms. The van der Waals surface area contributed by atoms with Crippen LogP contribution in [0, 0.1) is 29.5 Å². The van der Waals surface area contributed by atoms with Crippen molar-refractivity contribution >= 4 is 16.9 Å². The van der Waals surface area contributed by atoms with Crippen LogP contribution < -0.4 is 0 Å². The van der Waals surface area contributed by atoms with Crippen LogP contribution in [0.4, 0.5) is 4.39 Å². The van der Waals surface area contributed by atoms with Crippen molar-refractivity contribution in [3.8, 4) is 0 Å². The first-order valence-corrected chi connectivity index (χ1v) is 8.84. The highest BCUT2D eigenvalue weighted by atomic mass is 19.1. The van der Waals surface area contributed by atoms with E-state index in [4.69, 9.17) is 0 Å². The van der Waals surface area contributed by atoms with E-state index in [0.29, 0.717) is 17.8 Å². The quantitative estimate of drug-likeness (QED) is 0.763. The maximum absolute atomic E-state index is 13.4. The summed E-state index contributed by atoms with van der Waals surface area (Å²) in [7, 11) is 0. The molecule has 2 saturated carbocycles. The molecule has 0 saturated heterocycles. The molecule has 0 amide bonds. The SMILES string of the molecule is O=C1C(c2ccc(F)cc2)=C(c2ccccc2)C2C1[C@H]1CC[C@@H]2C1. The molecular weight excluding hydrogens is 299 g/mol. The van der Waals surface area contributed by atoms with Gasteiger partial charge in [0, 0.05) is 11.5 Å². The van der Waals surface area contributed by atoms with Gasteiger partial charge in [-0.1, -0.05) is 42.5 Å². The molecule has 0 aliphatic heterocycles. The predicted molar refractivity (Wildman–Crippen MR) is 92.5 cm³/mol. The third kappa shape index (κ3) is 1.89. The summed E-state index contributed by atoms with van der Waals surface area (Å²) in [5.41, 5.74) is 4.08. The van der Waals surface area contributed by atoms with Crippen molar-refractivity contribution in [3.05, 3.63) is 71.5 Å². The van der Waals surface area contributed by atoms with Gasteiger partial charge < -0.3 is 0 Å². The van der Waals surface area contributed by atoms with Crippen LogP contribution in [0.1, 0.15) is 30.4 Å². The van der Waals surface area contributed by atoms with E-state index in [9.17, 15) is 9.18 Å². The Morgan fingerprint density at radius 1 is 0.792 bits per heavy atom. The lowest BCUT2D eigenvalue weighted by Gasteiger charge is -2.26. The van der Waals surface area contributed by atoms with Gasteiger partial charge in [0.1, 0.15) is 5.82 Å². The fraction of sp³-hybridized carbons (Fsp3) is 0.318. The minimum absolute atomic E-state index is 0.152. The highest BCUT2D eigenvalue weighted by Gasteiger charge is 2.56. The molecule has 0 N–H and O–H groups in total. The predicted octanol–water partition coefficient (Wildman–Crippen LogP) is 4.98. The number of carbonyl (C=O) groups is 1. The van der Waals surface area contributed by atoms with E-state index in [2.05, 4.69) is 12.1 Å². The second-order valence-electron chi connectivity index (χ2n) is 7.41. The summed E-state index contributed by atoms with van der Waals surface area (Å²) < 4.78 is 13.4. The maximum Gasteiger partial charge on any atom is 0.167 e. The molecule has 2 aromatic carbocycles. The van der Waals surface area contributed by atoms with Gasteiger partial charge in [-0.25, -0.2) is 4.39 Å². The molecule has 2 fully saturated rings. The van der Waals surface area contributed by atoms with E-state index in [0.717, 1.165) is 16.7 Å². The third-order valence-electron chi connectivity index (χ3n) is 6.29. The standard InChI is InChI=1S/C22H19FO/c23-17-10-8-14(9-11-17)20-18(13-4-2-1-3-5-13)19-15-6-7-16(12-15)21(19)22(20)24/h1-5,8-11,15-16,19,21H,6-7,12H2/t15-,16+,19?,21?/m1/s1. The van der Waals surface area contributed by atoms with Crippen molar-refractivity contribution in [2.24, 2.45) is 23.7 Å². The first kappa shape index (κ1) is 14.2. The molecule has 0 radical (unpaired) electrons. The van der Waals surface area contributed by atoms with Gasteiger partial charge in [0.2, 0.25) is 0 Å². The van der Waals surface area contributed by atoms with Crippen LogP contribution in [0.2, 0.25) is 0 Å². The Kier molecular flexibility index (Phi) is 3.03. The highest BCUT2D eigenvalue weighted by Crippen LogP contribution is 2.62. The monoisotopic (exact) mass is 318 g/mol. The van der Waals surface area contributed by atoms with Crippen LogP contribution in [0.25, 0.3) is 11.1 Å². The molecule has 2 aromatic rings. The van der Waals surface area contributed by atoms with Crippen molar-refractivity contribution in [3.63, 3.8) is 0 Å². The third-order valence-corrected chi connectivity index (χ3v) is 6.29. The van der Waals surface area contributed by atoms with E-state index in [-0.39, 0.29) is 17.5 Å². The van der Waals surface area contributed by atoms with Crippen LogP contribution in [-0.4, -0.2) is 5.78 Å². The zero-order valence-electron chi connectivity index (χ0n) is 13.4. The molecule has 0 aromatic heterocycles. The first-order chi connectivity index (χ1) is 11.7. The summed E-state index contributed by atoms with van der Waals surface area (Å²) in [6.45, 7) is 0. The molecule has 3 aliphatic rings. The van der Waals surface area contributed by atoms with Gasteiger partial charge in [-0.15, -0.1) is 0 Å². The number of fused-ring (bicyclic) bond motifs is 5. The number of allylic oxidation sites excluding steroid dienone is 2. The Morgan fingerprint density at radius 3 is 2.17 bits per heavy atom. The minimum Gasteiger partial charge on any atom is -0.294 e. The molecule has 120 valence electrons. The van der Waals surface area contributed by atoms with E-state index in [1.807, 2.05) is 18.2 Å². The summed E-state index contributed by atoms with van der Waals surface area (Å²) >= 11 is 0. The molecular formula is C22H19FO. The fourth-order valence-electron chi connectivity index (χ4n) is 5.42. The highest BCUT2D eigenvalue weighted by molar-refractivity contribution is 6.32. The lowest BCUT2D eigenvalue weighted by Crippen LogP contribution is -2.24. The molecule has 5 rings (SSSR count). The molecule has 3 aliphatic carbocycles. The van der Waals surface area contributed by atoms with Crippen molar-refractivity contribution < 1.29 is 9.18 Å². The average molecular weight is 318 g/mol. The molecule has 0 heterocycles. The van der Waals surface area contributed by atoms with Crippen molar-refractivity contribution in [1.82, 2.24) is 0 Å². The van der Waals surface area contributed by atoms with Crippen LogP contribution in [-0.2, 0) is 4.79 Å². The van der Waals surface area contributed by atoms with Crippen molar-refractivity contribution in [2.45, 2.75) is 19.3 Å². The van der Waals surface area contributed by atoms with Gasteiger partial charge in [-0.2, -0.15) is 0 Å². The van der Waals surface area contributed by atoms with Gasteiger partial charge in [-0.3, -0.25) is 4.79 Å². The number of carbonyl (C=O) groups excluding carboxylic acids is 1. The summed E-state index contributed by atoms with van der Waals surface area (Å²) in [5.74, 6) is 1.72. The number of hydrogen-bond donors (Lipinski definition) is 0. The molecule has 4 atom stereocenters. The summed E-state index contributed by atoms with van der Waals surface area (Å²) in [6, 6.07) is 16.7. The Balaban J connectivity index is 1.73. The summed E-state index contributed by atoms with van der Waals surface area (Å²) in [4.78, 5) is 13.3. The Hall–Kier alpha value is -2.22. The summed E-state index contributed by atoms with van der Waals surface area (Å²) in [5, 5.41) is 0. The summed E-state index contributed by atoms with van der Waals surface area (Å²) in [6.07, 6.45) is 3.64. The largest absolute Gasteiger partial charge is 0.294 e. The molecule has 1 nitrogen and oxygen atoms in total. The maximum atomic E-state index is 13.4. The zero-order chi connectivity index (χ0) is 16.3. The molecule has 24 heavy (non-hydrogen) atoms. The smallest absolute Gasteiger partial charge is 0.167 e. The van der Waals surface area contributed by atoms with E-state index in [1.54, 1.807) is 12.1 Å². The van der Waals surface area contributed by atoms with E-state index >= 15 is 0 Å². The molecule has 2 unspecified atom stereocenters. The van der Waals surface area contributed by atoms with Gasteiger partial charge in [0.15, 0.2) is 5.78 Å². The van der Waals surface area contributed by atoms with Gasteiger partial charge in [-0.05, 0) is 65.8 Å². The Bertz CT molecular complexity index is 834. The Morgan fingerprint density at radius 2 is 1.46 bits per heavy atom. The normalized spacial score (nSPS) is 31.0. The van der Waals surface area contributed by atoms with Crippen LogP contribution in [0.3, 0.4) is 0 Å². The number of benzene rings is 2. The van der Waals surface area contributed by atoms with Gasteiger partial charge in [0.05, 0.1) is 0 Å². The number of hydrogen-bond acceptors (Lipinski definition) is 1.